The second kappa shape index (κ2) is 5.50. The molecule has 0 saturated heterocycles. The number of carboxylic acids is 1. The van der Waals surface area contributed by atoms with E-state index in [4.69, 9.17) is 5.11 Å². The largest absolute Gasteiger partial charge is 0.480 e. The summed E-state index contributed by atoms with van der Waals surface area (Å²) in [5.74, 6) is -0.756. The summed E-state index contributed by atoms with van der Waals surface area (Å²) in [6.45, 7) is 0.821. The molecule has 1 aliphatic carbocycles. The monoisotopic (exact) mass is 361 g/mol. The molecule has 0 amide bonds. The fraction of sp³-hybridized carbons (Fsp3) is 0.417. The van der Waals surface area contributed by atoms with Crippen molar-refractivity contribution in [1.82, 2.24) is 4.90 Å². The molecule has 1 N–H and O–H groups in total. The zero-order chi connectivity index (χ0) is 12.4. The van der Waals surface area contributed by atoms with Gasteiger partial charge in [0, 0.05) is 21.5 Å². The van der Waals surface area contributed by atoms with Gasteiger partial charge in [-0.2, -0.15) is 0 Å². The average molecular weight is 363 g/mol. The van der Waals surface area contributed by atoms with Gasteiger partial charge < -0.3 is 5.11 Å². The number of halogens is 2. The fourth-order valence-electron chi connectivity index (χ4n) is 1.80. The Morgan fingerprint density at radius 2 is 2.06 bits per heavy atom. The lowest BCUT2D eigenvalue weighted by Gasteiger charge is -2.19. The number of carbonyl (C=O) groups is 1. The molecule has 0 bridgehead atoms. The maximum Gasteiger partial charge on any atom is 0.317 e. The van der Waals surface area contributed by atoms with Gasteiger partial charge in [0.1, 0.15) is 0 Å². The molecule has 2 rings (SSSR count). The summed E-state index contributed by atoms with van der Waals surface area (Å²) in [7, 11) is 0. The molecule has 1 aromatic carbocycles. The highest BCUT2D eigenvalue weighted by atomic mass is 79.9. The summed E-state index contributed by atoms with van der Waals surface area (Å²) in [6, 6.07) is 6.48. The summed E-state index contributed by atoms with van der Waals surface area (Å²) in [6.07, 6.45) is 2.23. The van der Waals surface area contributed by atoms with E-state index in [1.54, 1.807) is 0 Å². The number of carboxylic acid groups (broad SMARTS) is 1. The molecule has 0 unspecified atom stereocenters. The first-order valence-electron chi connectivity index (χ1n) is 5.46. The standard InChI is InChI=1S/C12H13Br2NO2/c13-10-4-1-8(5-11(10)14)6-15(7-12(16)17)9-2-3-9/h1,4-5,9H,2-3,6-7H2,(H,16,17). The van der Waals surface area contributed by atoms with Crippen LogP contribution in [0.4, 0.5) is 0 Å². The molecule has 1 aromatic rings. The number of nitrogens with zero attached hydrogens (tertiary/aromatic N) is 1. The Kier molecular flexibility index (Phi) is 4.22. The van der Waals surface area contributed by atoms with Crippen LogP contribution in [0.1, 0.15) is 18.4 Å². The Balaban J connectivity index is 2.06. The minimum atomic E-state index is -0.756. The van der Waals surface area contributed by atoms with Crippen LogP contribution in [0.15, 0.2) is 27.1 Å². The summed E-state index contributed by atoms with van der Waals surface area (Å²) >= 11 is 6.88. The number of rotatable bonds is 5. The van der Waals surface area contributed by atoms with Crippen LogP contribution in [0.25, 0.3) is 0 Å². The van der Waals surface area contributed by atoms with Gasteiger partial charge in [0.25, 0.3) is 0 Å². The normalized spacial score (nSPS) is 15.2. The molecule has 0 radical (unpaired) electrons. The van der Waals surface area contributed by atoms with E-state index in [0.29, 0.717) is 12.6 Å². The Bertz CT molecular complexity index is 433. The SMILES string of the molecule is O=C(O)CN(Cc1ccc(Br)c(Br)c1)C1CC1. The van der Waals surface area contributed by atoms with Crippen molar-refractivity contribution >= 4 is 37.8 Å². The molecule has 1 aliphatic rings. The zero-order valence-corrected chi connectivity index (χ0v) is 12.4. The molecule has 3 nitrogen and oxygen atoms in total. The van der Waals surface area contributed by atoms with Crippen molar-refractivity contribution in [2.24, 2.45) is 0 Å². The minimum absolute atomic E-state index is 0.123. The van der Waals surface area contributed by atoms with E-state index < -0.39 is 5.97 Å². The summed E-state index contributed by atoms with van der Waals surface area (Å²) in [5, 5.41) is 8.88. The Morgan fingerprint density at radius 3 is 2.59 bits per heavy atom. The topological polar surface area (TPSA) is 40.5 Å². The lowest BCUT2D eigenvalue weighted by atomic mass is 10.2. The Labute approximate surface area is 117 Å². The van der Waals surface area contributed by atoms with Gasteiger partial charge in [0.2, 0.25) is 0 Å². The van der Waals surface area contributed by atoms with Gasteiger partial charge in [-0.05, 0) is 62.4 Å². The lowest BCUT2D eigenvalue weighted by Crippen LogP contribution is -2.31. The first-order chi connectivity index (χ1) is 8.06. The Morgan fingerprint density at radius 1 is 1.35 bits per heavy atom. The van der Waals surface area contributed by atoms with E-state index in [9.17, 15) is 4.79 Å². The van der Waals surface area contributed by atoms with E-state index in [1.807, 2.05) is 23.1 Å². The maximum atomic E-state index is 10.8. The van der Waals surface area contributed by atoms with Crippen LogP contribution < -0.4 is 0 Å². The lowest BCUT2D eigenvalue weighted by molar-refractivity contribution is -0.138. The maximum absolute atomic E-state index is 10.8. The summed E-state index contributed by atoms with van der Waals surface area (Å²) in [4.78, 5) is 12.8. The molecular weight excluding hydrogens is 350 g/mol. The zero-order valence-electron chi connectivity index (χ0n) is 9.20. The molecule has 0 aliphatic heterocycles. The van der Waals surface area contributed by atoms with Crippen molar-refractivity contribution in [3.05, 3.63) is 32.7 Å². The van der Waals surface area contributed by atoms with Crippen molar-refractivity contribution in [3.63, 3.8) is 0 Å². The highest BCUT2D eigenvalue weighted by Crippen LogP contribution is 2.29. The van der Waals surface area contributed by atoms with Crippen molar-refractivity contribution in [3.8, 4) is 0 Å². The first-order valence-corrected chi connectivity index (χ1v) is 7.04. The molecule has 5 heteroatoms. The van der Waals surface area contributed by atoms with Crippen LogP contribution in [0, 0.1) is 0 Å². The third-order valence-electron chi connectivity index (χ3n) is 2.77. The van der Waals surface area contributed by atoms with Gasteiger partial charge in [0.15, 0.2) is 0 Å². The molecule has 0 heterocycles. The molecule has 0 atom stereocenters. The van der Waals surface area contributed by atoms with Crippen molar-refractivity contribution in [1.29, 1.82) is 0 Å². The van der Waals surface area contributed by atoms with Gasteiger partial charge in [-0.25, -0.2) is 0 Å². The highest BCUT2D eigenvalue weighted by molar-refractivity contribution is 9.13. The predicted octanol–water partition coefficient (Wildman–Crippen LogP) is 3.26. The molecule has 1 fully saturated rings. The highest BCUT2D eigenvalue weighted by Gasteiger charge is 2.30. The fourth-order valence-corrected chi connectivity index (χ4v) is 2.47. The van der Waals surface area contributed by atoms with Gasteiger partial charge >= 0.3 is 5.97 Å². The van der Waals surface area contributed by atoms with E-state index in [0.717, 1.165) is 27.4 Å². The number of aliphatic carboxylic acids is 1. The second-order valence-corrected chi connectivity index (χ2v) is 5.99. The quantitative estimate of drug-likeness (QED) is 0.873. The third kappa shape index (κ3) is 3.79. The third-order valence-corrected chi connectivity index (χ3v) is 4.65. The predicted molar refractivity (Wildman–Crippen MR) is 72.9 cm³/mol. The molecule has 0 aromatic heterocycles. The van der Waals surface area contributed by atoms with Crippen LogP contribution in [0.2, 0.25) is 0 Å². The summed E-state index contributed by atoms with van der Waals surface area (Å²) in [5.41, 5.74) is 1.13. The van der Waals surface area contributed by atoms with Crippen LogP contribution in [0.5, 0.6) is 0 Å². The average Bonchev–Trinajstić information content (AvgIpc) is 3.05. The molecule has 0 spiro atoms. The number of benzene rings is 1. The summed E-state index contributed by atoms with van der Waals surface area (Å²) < 4.78 is 2.01. The second-order valence-electron chi connectivity index (χ2n) is 4.28. The van der Waals surface area contributed by atoms with E-state index in [1.165, 1.54) is 0 Å². The smallest absolute Gasteiger partial charge is 0.317 e. The van der Waals surface area contributed by atoms with E-state index >= 15 is 0 Å². The van der Waals surface area contributed by atoms with E-state index in [-0.39, 0.29) is 6.54 Å². The van der Waals surface area contributed by atoms with E-state index in [2.05, 4.69) is 31.9 Å². The van der Waals surface area contributed by atoms with Crippen molar-refractivity contribution in [2.45, 2.75) is 25.4 Å². The van der Waals surface area contributed by atoms with Crippen molar-refractivity contribution < 1.29 is 9.90 Å². The van der Waals surface area contributed by atoms with Gasteiger partial charge in [-0.15, -0.1) is 0 Å². The van der Waals surface area contributed by atoms with Gasteiger partial charge in [-0.3, -0.25) is 9.69 Å². The minimum Gasteiger partial charge on any atom is -0.480 e. The van der Waals surface area contributed by atoms with Gasteiger partial charge in [-0.1, -0.05) is 6.07 Å². The van der Waals surface area contributed by atoms with Gasteiger partial charge in [0.05, 0.1) is 6.54 Å². The van der Waals surface area contributed by atoms with Crippen LogP contribution >= 0.6 is 31.9 Å². The molecule has 92 valence electrons. The van der Waals surface area contributed by atoms with Crippen LogP contribution in [0.3, 0.4) is 0 Å². The Hall–Kier alpha value is -0.390. The van der Waals surface area contributed by atoms with Crippen LogP contribution in [-0.4, -0.2) is 28.6 Å². The first kappa shape index (κ1) is 13.1. The number of hydrogen-bond acceptors (Lipinski definition) is 2. The molecule has 1 saturated carbocycles. The molecule has 17 heavy (non-hydrogen) atoms. The van der Waals surface area contributed by atoms with Crippen LogP contribution in [-0.2, 0) is 11.3 Å². The van der Waals surface area contributed by atoms with Crippen molar-refractivity contribution in [2.75, 3.05) is 6.54 Å². The molecular formula is C12H13Br2NO2. The number of hydrogen-bond donors (Lipinski definition) is 1.